The van der Waals surface area contributed by atoms with Gasteiger partial charge in [-0.3, -0.25) is 9.69 Å². The van der Waals surface area contributed by atoms with Crippen LogP contribution in [-0.4, -0.2) is 36.2 Å². The van der Waals surface area contributed by atoms with Gasteiger partial charge >= 0.3 is 0 Å². The van der Waals surface area contributed by atoms with Crippen LogP contribution < -0.4 is 4.90 Å². The molecule has 1 amide bonds. The first-order valence-electron chi connectivity index (χ1n) is 10.2. The first-order chi connectivity index (χ1) is 13.7. The number of thioether (sulfide) groups is 1. The number of piperidine rings is 1. The Morgan fingerprint density at radius 1 is 1.04 bits per heavy atom. The van der Waals surface area contributed by atoms with Crippen LogP contribution in [0.25, 0.3) is 0 Å². The Morgan fingerprint density at radius 2 is 1.79 bits per heavy atom. The summed E-state index contributed by atoms with van der Waals surface area (Å²) in [6.45, 7) is 4.19. The highest BCUT2D eigenvalue weighted by molar-refractivity contribution is 8.00. The number of carbonyl (C=O) groups excluding carboxylic acids is 1. The molecule has 2 heterocycles. The van der Waals surface area contributed by atoms with Gasteiger partial charge in [0.2, 0.25) is 5.91 Å². The zero-order valence-electron chi connectivity index (χ0n) is 16.1. The van der Waals surface area contributed by atoms with Crippen LogP contribution in [0.4, 0.5) is 5.69 Å². The summed E-state index contributed by atoms with van der Waals surface area (Å²) in [4.78, 5) is 18.1. The van der Waals surface area contributed by atoms with E-state index in [-0.39, 0.29) is 5.91 Å². The molecule has 5 heteroatoms. The van der Waals surface area contributed by atoms with E-state index in [0.717, 1.165) is 49.2 Å². The number of carbonyl (C=O) groups is 1. The summed E-state index contributed by atoms with van der Waals surface area (Å²) >= 11 is 7.64. The Kier molecular flexibility index (Phi) is 6.61. The van der Waals surface area contributed by atoms with Crippen LogP contribution in [0, 0.1) is 5.92 Å². The Bertz CT molecular complexity index is 803. The molecule has 0 N–H and O–H groups in total. The molecule has 0 spiro atoms. The highest BCUT2D eigenvalue weighted by Gasteiger charge is 2.25. The van der Waals surface area contributed by atoms with Crippen molar-refractivity contribution in [2.45, 2.75) is 37.1 Å². The molecule has 0 aliphatic carbocycles. The summed E-state index contributed by atoms with van der Waals surface area (Å²) in [5, 5.41) is 0.802. The van der Waals surface area contributed by atoms with E-state index in [4.69, 9.17) is 11.6 Å². The normalized spacial score (nSPS) is 18.3. The lowest BCUT2D eigenvalue weighted by Crippen LogP contribution is -2.37. The van der Waals surface area contributed by atoms with Crippen molar-refractivity contribution >= 4 is 35.0 Å². The molecule has 28 heavy (non-hydrogen) atoms. The Hall–Kier alpha value is -1.49. The van der Waals surface area contributed by atoms with Gasteiger partial charge in [0.1, 0.15) is 0 Å². The molecule has 2 aliphatic rings. The van der Waals surface area contributed by atoms with Crippen molar-refractivity contribution in [3.05, 3.63) is 59.1 Å². The maximum absolute atomic E-state index is 12.4. The number of likely N-dealkylation sites (tertiary alicyclic amines) is 1. The van der Waals surface area contributed by atoms with Gasteiger partial charge < -0.3 is 4.90 Å². The molecule has 2 aromatic rings. The standard InChI is InChI=1S/C23H27ClN2OS/c24-20-9-7-19(8-10-20)16-25-14-11-18(12-15-25)4-3-13-26-21-5-1-2-6-22(21)28-17-23(26)27/h1-2,5-10,18H,3-4,11-17H2. The Morgan fingerprint density at radius 3 is 2.57 bits per heavy atom. The third-order valence-electron chi connectivity index (χ3n) is 5.83. The molecule has 0 bridgehead atoms. The van der Waals surface area contributed by atoms with Crippen LogP contribution in [0.15, 0.2) is 53.4 Å². The zero-order valence-corrected chi connectivity index (χ0v) is 17.7. The Balaban J connectivity index is 1.22. The van der Waals surface area contributed by atoms with E-state index in [9.17, 15) is 4.79 Å². The second-order valence-corrected chi connectivity index (χ2v) is 9.24. The van der Waals surface area contributed by atoms with Gasteiger partial charge in [0.05, 0.1) is 11.4 Å². The first-order valence-corrected chi connectivity index (χ1v) is 11.5. The number of halogens is 1. The summed E-state index contributed by atoms with van der Waals surface area (Å²) in [5.41, 5.74) is 2.43. The monoisotopic (exact) mass is 414 g/mol. The van der Waals surface area contributed by atoms with E-state index in [1.54, 1.807) is 11.8 Å². The van der Waals surface area contributed by atoms with Crippen molar-refractivity contribution in [3.8, 4) is 0 Å². The molecule has 3 nitrogen and oxygen atoms in total. The highest BCUT2D eigenvalue weighted by atomic mass is 35.5. The molecule has 148 valence electrons. The third-order valence-corrected chi connectivity index (χ3v) is 7.13. The van der Waals surface area contributed by atoms with Crippen LogP contribution in [0.3, 0.4) is 0 Å². The van der Waals surface area contributed by atoms with Gasteiger partial charge in [-0.25, -0.2) is 0 Å². The predicted molar refractivity (Wildman–Crippen MR) is 118 cm³/mol. The first kappa shape index (κ1) is 19.8. The van der Waals surface area contributed by atoms with Gasteiger partial charge in [-0.05, 0) is 74.5 Å². The van der Waals surface area contributed by atoms with E-state index in [2.05, 4.69) is 35.2 Å². The van der Waals surface area contributed by atoms with Gasteiger partial charge in [0.25, 0.3) is 0 Å². The van der Waals surface area contributed by atoms with Crippen LogP contribution in [0.2, 0.25) is 5.02 Å². The summed E-state index contributed by atoms with van der Waals surface area (Å²) < 4.78 is 0. The topological polar surface area (TPSA) is 23.6 Å². The third kappa shape index (κ3) is 4.91. The van der Waals surface area contributed by atoms with E-state index < -0.39 is 0 Å². The minimum absolute atomic E-state index is 0.251. The zero-order chi connectivity index (χ0) is 19.3. The second kappa shape index (κ2) is 9.34. The molecule has 1 fully saturated rings. The van der Waals surface area contributed by atoms with Crippen LogP contribution in [-0.2, 0) is 11.3 Å². The summed E-state index contributed by atoms with van der Waals surface area (Å²) in [5.74, 6) is 1.60. The van der Waals surface area contributed by atoms with E-state index in [1.165, 1.54) is 29.7 Å². The van der Waals surface area contributed by atoms with Crippen molar-refractivity contribution < 1.29 is 4.79 Å². The summed E-state index contributed by atoms with van der Waals surface area (Å²) in [6.07, 6.45) is 4.82. The fourth-order valence-corrected chi connectivity index (χ4v) is 5.28. The number of rotatable bonds is 6. The minimum Gasteiger partial charge on any atom is -0.311 e. The highest BCUT2D eigenvalue weighted by Crippen LogP contribution is 2.35. The number of para-hydroxylation sites is 1. The number of benzene rings is 2. The van der Waals surface area contributed by atoms with Crippen LogP contribution >= 0.6 is 23.4 Å². The minimum atomic E-state index is 0.251. The van der Waals surface area contributed by atoms with E-state index in [0.29, 0.717) is 5.75 Å². The SMILES string of the molecule is O=C1CSc2ccccc2N1CCCC1CCN(Cc2ccc(Cl)cc2)CC1. The molecular formula is C23H27ClN2OS. The molecule has 0 saturated carbocycles. The average Bonchev–Trinajstić information content (AvgIpc) is 2.72. The summed E-state index contributed by atoms with van der Waals surface area (Å²) in [7, 11) is 0. The fourth-order valence-electron chi connectivity index (χ4n) is 4.22. The molecule has 4 rings (SSSR count). The summed E-state index contributed by atoms with van der Waals surface area (Å²) in [6, 6.07) is 16.5. The number of amides is 1. The number of nitrogens with zero attached hydrogens (tertiary/aromatic N) is 2. The number of fused-ring (bicyclic) bond motifs is 1. The van der Waals surface area contributed by atoms with Gasteiger partial charge in [0, 0.05) is 23.0 Å². The van der Waals surface area contributed by atoms with Gasteiger partial charge in [-0.1, -0.05) is 35.9 Å². The average molecular weight is 415 g/mol. The maximum atomic E-state index is 12.4. The number of anilines is 1. The van der Waals surface area contributed by atoms with Gasteiger partial charge in [-0.15, -0.1) is 11.8 Å². The van der Waals surface area contributed by atoms with Gasteiger partial charge in [-0.2, -0.15) is 0 Å². The fraction of sp³-hybridized carbons (Fsp3) is 0.435. The van der Waals surface area contributed by atoms with Crippen molar-refractivity contribution in [3.63, 3.8) is 0 Å². The van der Waals surface area contributed by atoms with Crippen LogP contribution in [0.1, 0.15) is 31.2 Å². The van der Waals surface area contributed by atoms with E-state index in [1.807, 2.05) is 23.1 Å². The molecule has 2 aliphatic heterocycles. The smallest absolute Gasteiger partial charge is 0.237 e. The molecule has 2 aromatic carbocycles. The second-order valence-electron chi connectivity index (χ2n) is 7.79. The van der Waals surface area contributed by atoms with Crippen molar-refractivity contribution in [1.82, 2.24) is 4.90 Å². The molecule has 0 unspecified atom stereocenters. The van der Waals surface area contributed by atoms with Crippen molar-refractivity contribution in [2.75, 3.05) is 30.3 Å². The molecule has 1 saturated heterocycles. The predicted octanol–water partition coefficient (Wildman–Crippen LogP) is 5.47. The lowest BCUT2D eigenvalue weighted by molar-refractivity contribution is -0.116. The maximum Gasteiger partial charge on any atom is 0.237 e. The van der Waals surface area contributed by atoms with Gasteiger partial charge in [0.15, 0.2) is 0 Å². The van der Waals surface area contributed by atoms with Crippen molar-refractivity contribution in [2.24, 2.45) is 5.92 Å². The van der Waals surface area contributed by atoms with Crippen LogP contribution in [0.5, 0.6) is 0 Å². The molecular weight excluding hydrogens is 388 g/mol. The van der Waals surface area contributed by atoms with E-state index >= 15 is 0 Å². The quantitative estimate of drug-likeness (QED) is 0.626. The largest absolute Gasteiger partial charge is 0.311 e. The lowest BCUT2D eigenvalue weighted by Gasteiger charge is -2.33. The number of hydrogen-bond acceptors (Lipinski definition) is 3. The number of hydrogen-bond donors (Lipinski definition) is 0. The molecule has 0 aromatic heterocycles. The Labute approximate surface area is 177 Å². The van der Waals surface area contributed by atoms with Crippen molar-refractivity contribution in [1.29, 1.82) is 0 Å². The lowest BCUT2D eigenvalue weighted by atomic mass is 9.92. The molecule has 0 radical (unpaired) electrons. The molecule has 0 atom stereocenters.